The van der Waals surface area contributed by atoms with Crippen LogP contribution in [0, 0.1) is 5.82 Å². The first-order chi connectivity index (χ1) is 10.9. The molecule has 0 bridgehead atoms. The van der Waals surface area contributed by atoms with Crippen LogP contribution in [0.3, 0.4) is 0 Å². The van der Waals surface area contributed by atoms with Crippen LogP contribution < -0.4 is 10.1 Å². The van der Waals surface area contributed by atoms with E-state index in [9.17, 15) is 14.0 Å². The second-order valence-electron chi connectivity index (χ2n) is 4.86. The van der Waals surface area contributed by atoms with Gasteiger partial charge in [-0.1, -0.05) is 15.9 Å². The summed E-state index contributed by atoms with van der Waals surface area (Å²) in [4.78, 5) is 25.3. The normalized spacial score (nSPS) is 10.1. The highest BCUT2D eigenvalue weighted by Crippen LogP contribution is 2.25. The molecule has 0 aromatic heterocycles. The molecule has 0 aliphatic carbocycles. The highest BCUT2D eigenvalue weighted by molar-refractivity contribution is 9.10. The quantitative estimate of drug-likeness (QED) is 0.878. The number of ether oxygens (including phenoxy) is 1. The van der Waals surface area contributed by atoms with E-state index >= 15 is 0 Å². The van der Waals surface area contributed by atoms with Gasteiger partial charge in [0.2, 0.25) is 0 Å². The van der Waals surface area contributed by atoms with E-state index in [1.807, 2.05) is 0 Å². The van der Waals surface area contributed by atoms with Gasteiger partial charge in [-0.05, 0) is 42.5 Å². The number of amides is 2. The van der Waals surface area contributed by atoms with Gasteiger partial charge in [-0.15, -0.1) is 0 Å². The standard InChI is InChI=1S/C16H14BrFN2O3/c1-20(2)16(22)23-14-8-3-10(17)9-13(14)15(21)19-12-6-4-11(18)5-7-12/h3-9H,1-2H3,(H,19,21). The molecular formula is C16H14BrFN2O3. The molecule has 2 aromatic carbocycles. The third-order valence-corrected chi connectivity index (χ3v) is 3.34. The maximum Gasteiger partial charge on any atom is 0.414 e. The van der Waals surface area contributed by atoms with Crippen LogP contribution in [0.1, 0.15) is 10.4 Å². The predicted molar refractivity (Wildman–Crippen MR) is 88.2 cm³/mol. The average molecular weight is 381 g/mol. The highest BCUT2D eigenvalue weighted by atomic mass is 79.9. The Morgan fingerprint density at radius 2 is 1.78 bits per heavy atom. The molecule has 2 rings (SSSR count). The first kappa shape index (κ1) is 17.0. The Morgan fingerprint density at radius 1 is 1.13 bits per heavy atom. The van der Waals surface area contributed by atoms with Crippen molar-refractivity contribution in [1.82, 2.24) is 4.90 Å². The molecule has 5 nitrogen and oxygen atoms in total. The van der Waals surface area contributed by atoms with Gasteiger partial charge >= 0.3 is 6.09 Å². The summed E-state index contributed by atoms with van der Waals surface area (Å²) in [5.74, 6) is -0.739. The maximum absolute atomic E-state index is 12.9. The summed E-state index contributed by atoms with van der Waals surface area (Å²) >= 11 is 3.27. The monoisotopic (exact) mass is 380 g/mol. The second kappa shape index (κ2) is 7.23. The lowest BCUT2D eigenvalue weighted by molar-refractivity contribution is 0.102. The Balaban J connectivity index is 2.26. The predicted octanol–water partition coefficient (Wildman–Crippen LogP) is 3.90. The van der Waals surface area contributed by atoms with Gasteiger partial charge in [-0.25, -0.2) is 9.18 Å². The fraction of sp³-hybridized carbons (Fsp3) is 0.125. The Labute approximate surface area is 141 Å². The van der Waals surface area contributed by atoms with E-state index in [1.165, 1.54) is 41.3 Å². The maximum atomic E-state index is 12.9. The summed E-state index contributed by atoms with van der Waals surface area (Å²) < 4.78 is 18.7. The van der Waals surface area contributed by atoms with Crippen LogP contribution in [0.25, 0.3) is 0 Å². The molecule has 2 amide bonds. The van der Waals surface area contributed by atoms with Gasteiger partial charge in [0, 0.05) is 24.3 Å². The van der Waals surface area contributed by atoms with Gasteiger partial charge < -0.3 is 15.0 Å². The van der Waals surface area contributed by atoms with Crippen LogP contribution >= 0.6 is 15.9 Å². The van der Waals surface area contributed by atoms with Crippen molar-refractivity contribution in [2.75, 3.05) is 19.4 Å². The average Bonchev–Trinajstić information content (AvgIpc) is 2.51. The molecule has 7 heteroatoms. The molecule has 0 spiro atoms. The zero-order valence-electron chi connectivity index (χ0n) is 12.5. The Bertz CT molecular complexity index is 733. The molecule has 120 valence electrons. The van der Waals surface area contributed by atoms with Crippen LogP contribution in [0.5, 0.6) is 5.75 Å². The Morgan fingerprint density at radius 3 is 2.39 bits per heavy atom. The van der Waals surface area contributed by atoms with Crippen LogP contribution in [-0.4, -0.2) is 31.0 Å². The van der Waals surface area contributed by atoms with E-state index in [2.05, 4.69) is 21.2 Å². The number of hydrogen-bond donors (Lipinski definition) is 1. The van der Waals surface area contributed by atoms with E-state index in [0.29, 0.717) is 10.2 Å². The van der Waals surface area contributed by atoms with Crippen molar-refractivity contribution >= 4 is 33.6 Å². The number of benzene rings is 2. The molecule has 23 heavy (non-hydrogen) atoms. The van der Waals surface area contributed by atoms with Gasteiger partial charge in [0.1, 0.15) is 11.6 Å². The minimum absolute atomic E-state index is 0.131. The van der Waals surface area contributed by atoms with Gasteiger partial charge in [0.05, 0.1) is 5.56 Å². The van der Waals surface area contributed by atoms with Crippen molar-refractivity contribution in [2.24, 2.45) is 0 Å². The van der Waals surface area contributed by atoms with Crippen molar-refractivity contribution in [3.8, 4) is 5.75 Å². The lowest BCUT2D eigenvalue weighted by atomic mass is 10.2. The molecule has 0 saturated carbocycles. The number of carbonyl (C=O) groups excluding carboxylic acids is 2. The fourth-order valence-electron chi connectivity index (χ4n) is 1.69. The third-order valence-electron chi connectivity index (χ3n) is 2.85. The second-order valence-corrected chi connectivity index (χ2v) is 5.78. The summed E-state index contributed by atoms with van der Waals surface area (Å²) in [6, 6.07) is 10.1. The molecular weight excluding hydrogens is 367 g/mol. The molecule has 0 saturated heterocycles. The SMILES string of the molecule is CN(C)C(=O)Oc1ccc(Br)cc1C(=O)Nc1ccc(F)cc1. The smallest absolute Gasteiger partial charge is 0.409 e. The van der Waals surface area contributed by atoms with Gasteiger partial charge in [0.25, 0.3) is 5.91 Å². The summed E-state index contributed by atoms with van der Waals surface area (Å²) in [5, 5.41) is 2.62. The summed E-state index contributed by atoms with van der Waals surface area (Å²) in [6.07, 6.45) is -0.594. The lowest BCUT2D eigenvalue weighted by Crippen LogP contribution is -2.26. The first-order valence-corrected chi connectivity index (χ1v) is 7.41. The number of nitrogens with one attached hydrogen (secondary N) is 1. The number of anilines is 1. The van der Waals surface area contributed by atoms with Crippen molar-refractivity contribution < 1.29 is 18.7 Å². The molecule has 0 atom stereocenters. The highest BCUT2D eigenvalue weighted by Gasteiger charge is 2.17. The topological polar surface area (TPSA) is 58.6 Å². The van der Waals surface area contributed by atoms with Crippen LogP contribution in [0.2, 0.25) is 0 Å². The number of nitrogens with zero attached hydrogens (tertiary/aromatic N) is 1. The molecule has 0 unspecified atom stereocenters. The zero-order chi connectivity index (χ0) is 17.0. The van der Waals surface area contributed by atoms with E-state index in [4.69, 9.17) is 4.74 Å². The summed E-state index contributed by atoms with van der Waals surface area (Å²) in [5.41, 5.74) is 0.611. The fourth-order valence-corrected chi connectivity index (χ4v) is 2.05. The Hall–Kier alpha value is -2.41. The number of hydrogen-bond acceptors (Lipinski definition) is 3. The molecule has 0 fully saturated rings. The minimum atomic E-state index is -0.594. The number of carbonyl (C=O) groups is 2. The molecule has 0 radical (unpaired) electrons. The number of rotatable bonds is 3. The van der Waals surface area contributed by atoms with E-state index in [1.54, 1.807) is 20.2 Å². The van der Waals surface area contributed by atoms with Crippen molar-refractivity contribution in [3.63, 3.8) is 0 Å². The third kappa shape index (κ3) is 4.53. The van der Waals surface area contributed by atoms with Crippen molar-refractivity contribution in [1.29, 1.82) is 0 Å². The zero-order valence-corrected chi connectivity index (χ0v) is 14.1. The lowest BCUT2D eigenvalue weighted by Gasteiger charge is -2.14. The van der Waals surface area contributed by atoms with E-state index in [0.717, 1.165) is 0 Å². The van der Waals surface area contributed by atoms with E-state index < -0.39 is 17.8 Å². The molecule has 0 aliphatic heterocycles. The Kier molecular flexibility index (Phi) is 5.33. The first-order valence-electron chi connectivity index (χ1n) is 6.62. The minimum Gasteiger partial charge on any atom is -0.409 e. The molecule has 1 N–H and O–H groups in total. The van der Waals surface area contributed by atoms with Gasteiger partial charge in [0.15, 0.2) is 0 Å². The summed E-state index contributed by atoms with van der Waals surface area (Å²) in [7, 11) is 3.08. The largest absolute Gasteiger partial charge is 0.414 e. The molecule has 0 heterocycles. The van der Waals surface area contributed by atoms with Crippen LogP contribution in [0.4, 0.5) is 14.9 Å². The molecule has 2 aromatic rings. The van der Waals surface area contributed by atoms with Gasteiger partial charge in [-0.2, -0.15) is 0 Å². The van der Waals surface area contributed by atoms with Crippen LogP contribution in [-0.2, 0) is 0 Å². The van der Waals surface area contributed by atoms with Crippen molar-refractivity contribution in [2.45, 2.75) is 0 Å². The summed E-state index contributed by atoms with van der Waals surface area (Å²) in [6.45, 7) is 0. The number of halogens is 2. The van der Waals surface area contributed by atoms with Gasteiger partial charge in [-0.3, -0.25) is 4.79 Å². The molecule has 0 aliphatic rings. The van der Waals surface area contributed by atoms with E-state index in [-0.39, 0.29) is 11.3 Å². The van der Waals surface area contributed by atoms with Crippen molar-refractivity contribution in [3.05, 3.63) is 58.3 Å². The van der Waals surface area contributed by atoms with Crippen LogP contribution in [0.15, 0.2) is 46.9 Å².